The first-order valence-corrected chi connectivity index (χ1v) is 7.46. The zero-order chi connectivity index (χ0) is 14.6. The number of aryl methyl sites for hydroxylation is 1. The zero-order valence-corrected chi connectivity index (χ0v) is 12.7. The lowest BCUT2D eigenvalue weighted by atomic mass is 9.79. The molecule has 0 aromatic heterocycles. The third-order valence-electron chi connectivity index (χ3n) is 4.10. The molecule has 0 heterocycles. The Hall–Kier alpha value is -1.35. The van der Waals surface area contributed by atoms with E-state index in [4.69, 9.17) is 9.47 Å². The van der Waals surface area contributed by atoms with Crippen molar-refractivity contribution >= 4 is 5.78 Å². The van der Waals surface area contributed by atoms with Crippen LogP contribution in [0.2, 0.25) is 0 Å². The van der Waals surface area contributed by atoms with E-state index in [1.54, 1.807) is 7.11 Å². The van der Waals surface area contributed by atoms with Gasteiger partial charge in [-0.1, -0.05) is 30.9 Å². The lowest BCUT2D eigenvalue weighted by Crippen LogP contribution is -2.43. The van der Waals surface area contributed by atoms with Crippen LogP contribution in [0.25, 0.3) is 0 Å². The van der Waals surface area contributed by atoms with Gasteiger partial charge >= 0.3 is 0 Å². The second kappa shape index (κ2) is 6.40. The van der Waals surface area contributed by atoms with Crippen LogP contribution in [0.1, 0.15) is 54.9 Å². The average Bonchev–Trinajstić information content (AvgIpc) is 2.47. The van der Waals surface area contributed by atoms with Crippen molar-refractivity contribution in [2.45, 2.75) is 51.6 Å². The predicted octanol–water partition coefficient (Wildman–Crippen LogP) is 3.93. The minimum absolute atomic E-state index is 0.0830. The number of Topliss-reactive ketones (excluding diaryl/α,β-unsaturated/α-hetero) is 1. The average molecular weight is 276 g/mol. The molecule has 0 spiro atoms. The van der Waals surface area contributed by atoms with Crippen LogP contribution in [0.4, 0.5) is 0 Å². The first kappa shape index (κ1) is 15.0. The molecule has 1 saturated carbocycles. The molecule has 20 heavy (non-hydrogen) atoms. The van der Waals surface area contributed by atoms with Crippen LogP contribution in [0.5, 0.6) is 5.75 Å². The highest BCUT2D eigenvalue weighted by Gasteiger charge is 2.41. The second-order valence-corrected chi connectivity index (χ2v) is 5.52. The fourth-order valence-corrected chi connectivity index (χ4v) is 3.08. The number of ketones is 1. The largest absolute Gasteiger partial charge is 0.496 e. The van der Waals surface area contributed by atoms with Gasteiger partial charge in [-0.15, -0.1) is 0 Å². The third kappa shape index (κ3) is 2.88. The molecule has 0 aliphatic heterocycles. The summed E-state index contributed by atoms with van der Waals surface area (Å²) in [5, 5.41) is 0. The van der Waals surface area contributed by atoms with E-state index in [2.05, 4.69) is 0 Å². The van der Waals surface area contributed by atoms with E-state index >= 15 is 0 Å². The molecule has 0 radical (unpaired) electrons. The first-order valence-electron chi connectivity index (χ1n) is 7.46. The molecule has 3 nitrogen and oxygen atoms in total. The summed E-state index contributed by atoms with van der Waals surface area (Å²) in [7, 11) is 1.61. The van der Waals surface area contributed by atoms with Crippen LogP contribution in [-0.2, 0) is 4.74 Å². The van der Waals surface area contributed by atoms with Crippen LogP contribution < -0.4 is 4.74 Å². The van der Waals surface area contributed by atoms with Crippen molar-refractivity contribution in [2.75, 3.05) is 13.7 Å². The maximum absolute atomic E-state index is 13.0. The van der Waals surface area contributed by atoms with Gasteiger partial charge in [-0.25, -0.2) is 0 Å². The van der Waals surface area contributed by atoms with Gasteiger partial charge in [0.1, 0.15) is 11.4 Å². The Bertz CT molecular complexity index is 468. The summed E-state index contributed by atoms with van der Waals surface area (Å²) >= 11 is 0. The number of carbonyl (C=O) groups excluding carboxylic acids is 1. The molecule has 110 valence electrons. The molecular weight excluding hydrogens is 252 g/mol. The lowest BCUT2D eigenvalue weighted by Gasteiger charge is -2.35. The molecule has 3 heteroatoms. The smallest absolute Gasteiger partial charge is 0.198 e. The number of methoxy groups -OCH3 is 1. The highest BCUT2D eigenvalue weighted by molar-refractivity contribution is 6.04. The fraction of sp³-hybridized carbons (Fsp3) is 0.588. The Morgan fingerprint density at radius 2 is 1.95 bits per heavy atom. The van der Waals surface area contributed by atoms with E-state index in [9.17, 15) is 4.79 Å². The van der Waals surface area contributed by atoms with Crippen LogP contribution in [0, 0.1) is 6.92 Å². The van der Waals surface area contributed by atoms with E-state index in [0.29, 0.717) is 17.9 Å². The normalized spacial score (nSPS) is 17.8. The van der Waals surface area contributed by atoms with Gasteiger partial charge in [0, 0.05) is 6.61 Å². The van der Waals surface area contributed by atoms with Crippen LogP contribution in [0.15, 0.2) is 18.2 Å². The van der Waals surface area contributed by atoms with E-state index in [1.807, 2.05) is 32.0 Å². The van der Waals surface area contributed by atoms with Crippen molar-refractivity contribution in [3.63, 3.8) is 0 Å². The summed E-state index contributed by atoms with van der Waals surface area (Å²) in [6, 6.07) is 5.74. The predicted molar refractivity (Wildman–Crippen MR) is 79.5 cm³/mol. The molecule has 2 rings (SSSR count). The highest BCUT2D eigenvalue weighted by atomic mass is 16.5. The van der Waals surface area contributed by atoms with Crippen LogP contribution in [-0.4, -0.2) is 25.1 Å². The number of hydrogen-bond acceptors (Lipinski definition) is 3. The summed E-state index contributed by atoms with van der Waals surface area (Å²) < 4.78 is 11.3. The molecule has 0 amide bonds. The number of ether oxygens (including phenoxy) is 2. The van der Waals surface area contributed by atoms with E-state index in [0.717, 1.165) is 31.2 Å². The quantitative estimate of drug-likeness (QED) is 0.764. The maximum atomic E-state index is 13.0. The van der Waals surface area contributed by atoms with Crippen molar-refractivity contribution in [1.29, 1.82) is 0 Å². The van der Waals surface area contributed by atoms with Gasteiger partial charge in [-0.2, -0.15) is 0 Å². The molecule has 0 saturated heterocycles. The molecular formula is C17H24O3. The Labute approximate surface area is 121 Å². The van der Waals surface area contributed by atoms with Crippen molar-refractivity contribution < 1.29 is 14.3 Å². The molecule has 1 aromatic carbocycles. The van der Waals surface area contributed by atoms with Gasteiger partial charge in [-0.3, -0.25) is 4.79 Å². The Balaban J connectivity index is 2.39. The SMILES string of the molecule is CCOC1(C(=O)c2cc(C)ccc2OC)CCCCC1. The summed E-state index contributed by atoms with van der Waals surface area (Å²) in [6.45, 7) is 4.52. The van der Waals surface area contributed by atoms with Gasteiger partial charge in [0.15, 0.2) is 5.78 Å². The number of hydrogen-bond donors (Lipinski definition) is 0. The van der Waals surface area contributed by atoms with Crippen molar-refractivity contribution in [3.05, 3.63) is 29.3 Å². The standard InChI is InChI=1S/C17H24O3/c1-4-20-17(10-6-5-7-11-17)16(18)14-12-13(2)8-9-15(14)19-3/h8-9,12H,4-7,10-11H2,1-3H3. The van der Waals surface area contributed by atoms with Crippen LogP contribution >= 0.6 is 0 Å². The van der Waals surface area contributed by atoms with Gasteiger partial charge < -0.3 is 9.47 Å². The van der Waals surface area contributed by atoms with Gasteiger partial charge in [0.25, 0.3) is 0 Å². The summed E-state index contributed by atoms with van der Waals surface area (Å²) in [4.78, 5) is 13.0. The minimum Gasteiger partial charge on any atom is -0.496 e. The number of carbonyl (C=O) groups is 1. The lowest BCUT2D eigenvalue weighted by molar-refractivity contribution is -0.0412. The zero-order valence-electron chi connectivity index (χ0n) is 12.7. The maximum Gasteiger partial charge on any atom is 0.198 e. The fourth-order valence-electron chi connectivity index (χ4n) is 3.08. The molecule has 0 N–H and O–H groups in total. The molecule has 1 aliphatic rings. The monoisotopic (exact) mass is 276 g/mol. The second-order valence-electron chi connectivity index (χ2n) is 5.52. The first-order chi connectivity index (χ1) is 9.63. The Morgan fingerprint density at radius 3 is 2.55 bits per heavy atom. The van der Waals surface area contributed by atoms with Gasteiger partial charge in [-0.05, 0) is 38.8 Å². The van der Waals surface area contributed by atoms with E-state index in [-0.39, 0.29) is 5.78 Å². The summed E-state index contributed by atoms with van der Waals surface area (Å²) in [5.74, 6) is 0.727. The van der Waals surface area contributed by atoms with E-state index in [1.165, 1.54) is 6.42 Å². The molecule has 0 atom stereocenters. The van der Waals surface area contributed by atoms with E-state index < -0.39 is 5.60 Å². The number of rotatable bonds is 5. The molecule has 0 bridgehead atoms. The van der Waals surface area contributed by atoms with Crippen molar-refractivity contribution in [1.82, 2.24) is 0 Å². The summed E-state index contributed by atoms with van der Waals surface area (Å²) in [6.07, 6.45) is 4.93. The minimum atomic E-state index is -0.645. The van der Waals surface area contributed by atoms with Gasteiger partial charge in [0.2, 0.25) is 0 Å². The third-order valence-corrected chi connectivity index (χ3v) is 4.10. The van der Waals surface area contributed by atoms with Crippen LogP contribution in [0.3, 0.4) is 0 Å². The van der Waals surface area contributed by atoms with Crippen molar-refractivity contribution in [3.8, 4) is 5.75 Å². The number of benzene rings is 1. The van der Waals surface area contributed by atoms with Crippen molar-refractivity contribution in [2.24, 2.45) is 0 Å². The molecule has 1 fully saturated rings. The Kier molecular flexibility index (Phi) is 4.81. The summed E-state index contributed by atoms with van der Waals surface area (Å²) in [5.41, 5.74) is 1.08. The molecule has 1 aromatic rings. The Morgan fingerprint density at radius 1 is 1.25 bits per heavy atom. The highest BCUT2D eigenvalue weighted by Crippen LogP contribution is 2.36. The molecule has 0 unspecified atom stereocenters. The topological polar surface area (TPSA) is 35.5 Å². The van der Waals surface area contributed by atoms with Gasteiger partial charge in [0.05, 0.1) is 12.7 Å². The molecule has 1 aliphatic carbocycles.